The molecule has 0 radical (unpaired) electrons. The molecule has 0 amide bonds. The van der Waals surface area contributed by atoms with Crippen LogP contribution in [-0.4, -0.2) is 31.1 Å². The summed E-state index contributed by atoms with van der Waals surface area (Å²) in [6.07, 6.45) is 2.54. The van der Waals surface area contributed by atoms with Gasteiger partial charge in [0.1, 0.15) is 5.82 Å². The lowest BCUT2D eigenvalue weighted by Gasteiger charge is -2.27. The van der Waals surface area contributed by atoms with E-state index in [0.717, 1.165) is 31.7 Å². The number of hydrogen-bond acceptors (Lipinski definition) is 2. The van der Waals surface area contributed by atoms with Crippen molar-refractivity contribution in [3.05, 3.63) is 34.6 Å². The van der Waals surface area contributed by atoms with E-state index < -0.39 is 0 Å². The molecule has 2 heterocycles. The maximum Gasteiger partial charge on any atom is 0.141 e. The Morgan fingerprint density at radius 3 is 2.95 bits per heavy atom. The first-order valence-corrected chi connectivity index (χ1v) is 7.37. The Hall–Kier alpha value is -0.640. The molecule has 0 aromatic heterocycles. The van der Waals surface area contributed by atoms with Gasteiger partial charge in [-0.15, -0.1) is 0 Å². The zero-order valence-corrected chi connectivity index (χ0v) is 12.0. The maximum atomic E-state index is 13.2. The topological polar surface area (TPSA) is 15.3 Å². The van der Waals surface area contributed by atoms with Gasteiger partial charge in [-0.3, -0.25) is 4.90 Å². The Morgan fingerprint density at radius 1 is 1.42 bits per heavy atom. The van der Waals surface area contributed by atoms with Crippen LogP contribution in [0.4, 0.5) is 4.39 Å². The van der Waals surface area contributed by atoms with Gasteiger partial charge < -0.3 is 5.32 Å². The van der Waals surface area contributed by atoms with Gasteiger partial charge in [0, 0.05) is 19.1 Å². The fourth-order valence-corrected chi connectivity index (χ4v) is 3.62. The molecule has 2 aliphatic rings. The van der Waals surface area contributed by atoms with Crippen LogP contribution in [0.2, 0.25) is 5.02 Å². The van der Waals surface area contributed by atoms with Gasteiger partial charge in [-0.1, -0.05) is 17.7 Å². The third-order valence-corrected chi connectivity index (χ3v) is 5.06. The van der Waals surface area contributed by atoms with Gasteiger partial charge in [-0.2, -0.15) is 0 Å². The van der Waals surface area contributed by atoms with E-state index in [1.54, 1.807) is 6.07 Å². The minimum Gasteiger partial charge on any atom is -0.316 e. The van der Waals surface area contributed by atoms with Crippen LogP contribution >= 0.6 is 11.6 Å². The quantitative estimate of drug-likeness (QED) is 0.896. The first-order valence-electron chi connectivity index (χ1n) is 6.99. The molecular weight excluding hydrogens is 263 g/mol. The summed E-state index contributed by atoms with van der Waals surface area (Å²) in [5.41, 5.74) is 1.58. The molecule has 0 bridgehead atoms. The van der Waals surface area contributed by atoms with Gasteiger partial charge in [0.25, 0.3) is 0 Å². The Kier molecular flexibility index (Phi) is 3.54. The maximum absolute atomic E-state index is 13.2. The van der Waals surface area contributed by atoms with Gasteiger partial charge in [0.2, 0.25) is 0 Å². The number of benzene rings is 1. The first kappa shape index (κ1) is 13.3. The highest BCUT2D eigenvalue weighted by Crippen LogP contribution is 2.39. The van der Waals surface area contributed by atoms with E-state index in [4.69, 9.17) is 11.6 Å². The van der Waals surface area contributed by atoms with E-state index >= 15 is 0 Å². The number of nitrogens with zero attached hydrogens (tertiary/aromatic N) is 1. The van der Waals surface area contributed by atoms with Crippen molar-refractivity contribution in [1.29, 1.82) is 0 Å². The summed E-state index contributed by atoms with van der Waals surface area (Å²) in [6, 6.07) is 5.39. The standard InChI is InChI=1S/C15H20ClFN2/c1-11(12-2-3-14(17)13(16)8-12)19-7-5-15(10-19)4-6-18-9-15/h2-3,8,11,18H,4-7,9-10H2,1H3. The molecule has 2 saturated heterocycles. The molecule has 3 rings (SSSR count). The molecule has 19 heavy (non-hydrogen) atoms. The zero-order chi connectivity index (χ0) is 13.5. The van der Waals surface area contributed by atoms with E-state index in [0.29, 0.717) is 11.5 Å². The highest BCUT2D eigenvalue weighted by molar-refractivity contribution is 6.30. The SMILES string of the molecule is CC(c1ccc(F)c(Cl)c1)N1CCC2(CCNC2)C1. The molecule has 0 saturated carbocycles. The predicted molar refractivity (Wildman–Crippen MR) is 75.9 cm³/mol. The van der Waals surface area contributed by atoms with Crippen molar-refractivity contribution >= 4 is 11.6 Å². The van der Waals surface area contributed by atoms with Gasteiger partial charge in [-0.25, -0.2) is 4.39 Å². The second-order valence-corrected chi connectivity index (χ2v) is 6.40. The molecule has 1 N–H and O–H groups in total. The van der Waals surface area contributed by atoms with Crippen LogP contribution in [0.25, 0.3) is 0 Å². The highest BCUT2D eigenvalue weighted by Gasteiger charge is 2.41. The molecule has 1 aromatic rings. The lowest BCUT2D eigenvalue weighted by molar-refractivity contribution is 0.223. The molecule has 1 aromatic carbocycles. The Labute approximate surface area is 118 Å². The summed E-state index contributed by atoms with van der Waals surface area (Å²) in [6.45, 7) is 6.73. The Bertz CT molecular complexity index is 471. The van der Waals surface area contributed by atoms with E-state index in [1.165, 1.54) is 18.9 Å². The van der Waals surface area contributed by atoms with Crippen molar-refractivity contribution in [3.63, 3.8) is 0 Å². The minimum absolute atomic E-state index is 0.223. The molecule has 2 unspecified atom stereocenters. The van der Waals surface area contributed by atoms with Crippen molar-refractivity contribution in [2.24, 2.45) is 5.41 Å². The smallest absolute Gasteiger partial charge is 0.141 e. The van der Waals surface area contributed by atoms with Gasteiger partial charge >= 0.3 is 0 Å². The summed E-state index contributed by atoms with van der Waals surface area (Å²) in [4.78, 5) is 2.50. The van der Waals surface area contributed by atoms with Crippen molar-refractivity contribution in [3.8, 4) is 0 Å². The second-order valence-electron chi connectivity index (χ2n) is 6.00. The predicted octanol–water partition coefficient (Wildman–Crippen LogP) is 3.23. The van der Waals surface area contributed by atoms with Crippen molar-refractivity contribution < 1.29 is 4.39 Å². The summed E-state index contributed by atoms with van der Waals surface area (Å²) in [5, 5.41) is 3.70. The molecule has 2 aliphatic heterocycles. The summed E-state index contributed by atoms with van der Waals surface area (Å²) < 4.78 is 13.2. The van der Waals surface area contributed by atoms with Gasteiger partial charge in [-0.05, 0) is 56.0 Å². The van der Waals surface area contributed by atoms with E-state index in [-0.39, 0.29) is 10.8 Å². The van der Waals surface area contributed by atoms with Crippen LogP contribution in [0.1, 0.15) is 31.4 Å². The number of hydrogen-bond donors (Lipinski definition) is 1. The lowest BCUT2D eigenvalue weighted by atomic mass is 9.86. The fraction of sp³-hybridized carbons (Fsp3) is 0.600. The fourth-order valence-electron chi connectivity index (χ4n) is 3.43. The average molecular weight is 283 g/mol. The monoisotopic (exact) mass is 282 g/mol. The normalized spacial score (nSPS) is 29.2. The van der Waals surface area contributed by atoms with E-state index in [2.05, 4.69) is 17.1 Å². The van der Waals surface area contributed by atoms with Gasteiger partial charge in [0.05, 0.1) is 5.02 Å². The van der Waals surface area contributed by atoms with E-state index in [9.17, 15) is 4.39 Å². The highest BCUT2D eigenvalue weighted by atomic mass is 35.5. The Balaban J connectivity index is 1.74. The molecule has 4 heteroatoms. The summed E-state index contributed by atoms with van der Waals surface area (Å²) in [5.74, 6) is -0.337. The van der Waals surface area contributed by atoms with Crippen LogP contribution in [0.5, 0.6) is 0 Å². The van der Waals surface area contributed by atoms with E-state index in [1.807, 2.05) is 6.07 Å². The minimum atomic E-state index is -0.337. The lowest BCUT2D eigenvalue weighted by Crippen LogP contribution is -2.30. The average Bonchev–Trinajstić information content (AvgIpc) is 3.03. The molecule has 104 valence electrons. The van der Waals surface area contributed by atoms with Crippen molar-refractivity contribution in [1.82, 2.24) is 10.2 Å². The van der Waals surface area contributed by atoms with Gasteiger partial charge in [0.15, 0.2) is 0 Å². The molecule has 1 spiro atoms. The number of nitrogens with one attached hydrogen (secondary N) is 1. The molecule has 2 atom stereocenters. The van der Waals surface area contributed by atoms with Crippen LogP contribution < -0.4 is 5.32 Å². The third kappa shape index (κ3) is 2.51. The number of rotatable bonds is 2. The van der Waals surface area contributed by atoms with Crippen molar-refractivity contribution in [2.45, 2.75) is 25.8 Å². The van der Waals surface area contributed by atoms with Crippen LogP contribution in [0.3, 0.4) is 0 Å². The molecule has 2 nitrogen and oxygen atoms in total. The first-order chi connectivity index (χ1) is 9.10. The number of halogens is 2. The van der Waals surface area contributed by atoms with Crippen LogP contribution in [-0.2, 0) is 0 Å². The van der Waals surface area contributed by atoms with Crippen LogP contribution in [0, 0.1) is 11.2 Å². The molecule has 0 aliphatic carbocycles. The number of likely N-dealkylation sites (tertiary alicyclic amines) is 1. The van der Waals surface area contributed by atoms with Crippen LogP contribution in [0.15, 0.2) is 18.2 Å². The third-order valence-electron chi connectivity index (χ3n) is 4.77. The summed E-state index contributed by atoms with van der Waals surface area (Å²) >= 11 is 5.88. The van der Waals surface area contributed by atoms with Crippen molar-refractivity contribution in [2.75, 3.05) is 26.2 Å². The molecule has 2 fully saturated rings. The molecular formula is C15H20ClFN2. The second kappa shape index (κ2) is 5.04. The summed E-state index contributed by atoms with van der Waals surface area (Å²) in [7, 11) is 0. The largest absolute Gasteiger partial charge is 0.316 e. The zero-order valence-electron chi connectivity index (χ0n) is 11.3. The Morgan fingerprint density at radius 2 is 2.26 bits per heavy atom.